The Balaban J connectivity index is 2.22. The van der Waals surface area contributed by atoms with Crippen molar-refractivity contribution in [2.24, 2.45) is 5.41 Å². The molecule has 0 spiro atoms. The third kappa shape index (κ3) is 1.93. The van der Waals surface area contributed by atoms with Crippen LogP contribution in [-0.4, -0.2) is 21.0 Å². The minimum absolute atomic E-state index is 0.0166. The van der Waals surface area contributed by atoms with Crippen LogP contribution in [0, 0.1) is 12.3 Å². The highest BCUT2D eigenvalue weighted by molar-refractivity contribution is 5.02. The average Bonchev–Trinajstić information content (AvgIpc) is 2.57. The largest absolute Gasteiger partial charge is 0.390 e. The molecular formula is C12H20N2O. The zero-order chi connectivity index (χ0) is 11.1. The van der Waals surface area contributed by atoms with Gasteiger partial charge in [0.15, 0.2) is 0 Å². The van der Waals surface area contributed by atoms with E-state index in [1.807, 2.05) is 24.0 Å². The summed E-state index contributed by atoms with van der Waals surface area (Å²) in [5.74, 6) is 0. The lowest BCUT2D eigenvalue weighted by Gasteiger charge is -2.40. The summed E-state index contributed by atoms with van der Waals surface area (Å²) in [5, 5.41) is 14.6. The third-order valence-electron chi connectivity index (χ3n) is 3.56. The number of aliphatic hydroxyl groups excluding tert-OH is 1. The molecule has 1 aliphatic carbocycles. The minimum Gasteiger partial charge on any atom is -0.390 e. The van der Waals surface area contributed by atoms with Crippen molar-refractivity contribution in [2.45, 2.75) is 52.2 Å². The van der Waals surface area contributed by atoms with Gasteiger partial charge in [0.25, 0.3) is 0 Å². The fraction of sp³-hybridized carbons (Fsp3) is 0.750. The zero-order valence-corrected chi connectivity index (χ0v) is 9.77. The van der Waals surface area contributed by atoms with E-state index in [0.717, 1.165) is 18.4 Å². The fourth-order valence-electron chi connectivity index (χ4n) is 2.48. The summed E-state index contributed by atoms with van der Waals surface area (Å²) < 4.78 is 1.93. The molecule has 1 N–H and O–H groups in total. The topological polar surface area (TPSA) is 38.0 Å². The van der Waals surface area contributed by atoms with Crippen LogP contribution < -0.4 is 0 Å². The Hall–Kier alpha value is -0.830. The van der Waals surface area contributed by atoms with E-state index in [1.165, 1.54) is 6.42 Å². The van der Waals surface area contributed by atoms with Crippen LogP contribution in [0.15, 0.2) is 12.4 Å². The highest BCUT2D eigenvalue weighted by Gasteiger charge is 2.38. The zero-order valence-electron chi connectivity index (χ0n) is 9.77. The lowest BCUT2D eigenvalue weighted by Crippen LogP contribution is -2.41. The maximum Gasteiger partial charge on any atom is 0.0815 e. The second-order valence-electron chi connectivity index (χ2n) is 5.39. The number of rotatable bonds is 1. The number of hydrogen-bond donors (Lipinski definition) is 1. The van der Waals surface area contributed by atoms with Crippen LogP contribution in [0.2, 0.25) is 0 Å². The maximum atomic E-state index is 10.3. The van der Waals surface area contributed by atoms with Crippen LogP contribution in [0.4, 0.5) is 0 Å². The molecule has 0 radical (unpaired) electrons. The summed E-state index contributed by atoms with van der Waals surface area (Å²) in [4.78, 5) is 0. The normalized spacial score (nSPS) is 30.4. The number of aliphatic hydroxyl groups is 1. The number of hydrogen-bond acceptors (Lipinski definition) is 2. The van der Waals surface area contributed by atoms with E-state index in [-0.39, 0.29) is 17.6 Å². The number of aryl methyl sites for hydroxylation is 1. The summed E-state index contributed by atoms with van der Waals surface area (Å²) in [6.45, 7) is 6.31. The molecule has 3 nitrogen and oxygen atoms in total. The molecule has 1 heterocycles. The quantitative estimate of drug-likeness (QED) is 0.769. The monoisotopic (exact) mass is 208 g/mol. The highest BCUT2D eigenvalue weighted by atomic mass is 16.3. The molecule has 3 heteroatoms. The Morgan fingerprint density at radius 1 is 1.53 bits per heavy atom. The first-order chi connectivity index (χ1) is 7.00. The van der Waals surface area contributed by atoms with Crippen LogP contribution in [-0.2, 0) is 0 Å². The van der Waals surface area contributed by atoms with Gasteiger partial charge in [-0.05, 0) is 30.7 Å². The van der Waals surface area contributed by atoms with Gasteiger partial charge in [0, 0.05) is 6.20 Å². The van der Waals surface area contributed by atoms with E-state index in [1.54, 1.807) is 0 Å². The van der Waals surface area contributed by atoms with E-state index in [4.69, 9.17) is 0 Å². The standard InChI is InChI=1S/C12H20N2O/c1-9-7-13-14(8-9)10-5-4-6-12(2,3)11(10)15/h7-8,10-11,15H,4-6H2,1-3H3. The molecule has 1 aromatic heterocycles. The van der Waals surface area contributed by atoms with Crippen molar-refractivity contribution < 1.29 is 5.11 Å². The first-order valence-corrected chi connectivity index (χ1v) is 5.69. The Morgan fingerprint density at radius 2 is 2.27 bits per heavy atom. The molecule has 1 saturated carbocycles. The molecule has 2 atom stereocenters. The van der Waals surface area contributed by atoms with Gasteiger partial charge in [0.2, 0.25) is 0 Å². The van der Waals surface area contributed by atoms with Crippen molar-refractivity contribution in [1.29, 1.82) is 0 Å². The SMILES string of the molecule is Cc1cnn(C2CCCC(C)(C)C2O)c1. The lowest BCUT2D eigenvalue weighted by atomic mass is 9.72. The van der Waals surface area contributed by atoms with Gasteiger partial charge in [0.1, 0.15) is 0 Å². The molecule has 0 aromatic carbocycles. The molecule has 0 aliphatic heterocycles. The van der Waals surface area contributed by atoms with Crippen LogP contribution in [0.3, 0.4) is 0 Å². The van der Waals surface area contributed by atoms with Gasteiger partial charge < -0.3 is 5.11 Å². The van der Waals surface area contributed by atoms with E-state index in [2.05, 4.69) is 18.9 Å². The molecule has 0 bridgehead atoms. The summed E-state index contributed by atoms with van der Waals surface area (Å²) in [6, 6.07) is 0.155. The average molecular weight is 208 g/mol. The molecule has 0 saturated heterocycles. The van der Waals surface area contributed by atoms with Gasteiger partial charge in [-0.1, -0.05) is 20.3 Å². The van der Waals surface area contributed by atoms with E-state index in [0.29, 0.717) is 0 Å². The first-order valence-electron chi connectivity index (χ1n) is 5.69. The van der Waals surface area contributed by atoms with Crippen LogP contribution in [0.25, 0.3) is 0 Å². The Bertz CT molecular complexity index is 343. The van der Waals surface area contributed by atoms with Crippen molar-refractivity contribution in [3.63, 3.8) is 0 Å². The van der Waals surface area contributed by atoms with Crippen molar-refractivity contribution in [3.8, 4) is 0 Å². The van der Waals surface area contributed by atoms with Crippen LogP contribution in [0.1, 0.15) is 44.7 Å². The predicted molar refractivity (Wildman–Crippen MR) is 59.6 cm³/mol. The second-order valence-corrected chi connectivity index (χ2v) is 5.39. The van der Waals surface area contributed by atoms with Gasteiger partial charge in [-0.15, -0.1) is 0 Å². The summed E-state index contributed by atoms with van der Waals surface area (Å²) in [7, 11) is 0. The van der Waals surface area contributed by atoms with Gasteiger partial charge in [-0.3, -0.25) is 4.68 Å². The van der Waals surface area contributed by atoms with Crippen molar-refractivity contribution >= 4 is 0 Å². The number of nitrogens with zero attached hydrogens (tertiary/aromatic N) is 2. The van der Waals surface area contributed by atoms with Gasteiger partial charge in [0.05, 0.1) is 18.3 Å². The molecule has 0 amide bonds. The van der Waals surface area contributed by atoms with E-state index < -0.39 is 0 Å². The third-order valence-corrected chi connectivity index (χ3v) is 3.56. The predicted octanol–water partition coefficient (Wildman–Crippen LogP) is 2.30. The molecule has 2 rings (SSSR count). The summed E-state index contributed by atoms with van der Waals surface area (Å²) >= 11 is 0. The minimum atomic E-state index is -0.287. The Kier molecular flexibility index (Phi) is 2.59. The van der Waals surface area contributed by atoms with Crippen molar-refractivity contribution in [1.82, 2.24) is 9.78 Å². The van der Waals surface area contributed by atoms with Crippen LogP contribution >= 0.6 is 0 Å². The smallest absolute Gasteiger partial charge is 0.0815 e. The Labute approximate surface area is 91.1 Å². The van der Waals surface area contributed by atoms with Crippen LogP contribution in [0.5, 0.6) is 0 Å². The number of aromatic nitrogens is 2. The molecule has 1 aromatic rings. The maximum absolute atomic E-state index is 10.3. The fourth-order valence-corrected chi connectivity index (χ4v) is 2.48. The molecule has 1 fully saturated rings. The van der Waals surface area contributed by atoms with Crippen molar-refractivity contribution in [2.75, 3.05) is 0 Å². The molecule has 1 aliphatic rings. The summed E-state index contributed by atoms with van der Waals surface area (Å²) in [5.41, 5.74) is 1.17. The van der Waals surface area contributed by atoms with E-state index >= 15 is 0 Å². The van der Waals surface area contributed by atoms with Gasteiger partial charge in [-0.25, -0.2) is 0 Å². The second kappa shape index (κ2) is 3.63. The molecule has 15 heavy (non-hydrogen) atoms. The molecular weight excluding hydrogens is 188 g/mol. The molecule has 2 unspecified atom stereocenters. The summed E-state index contributed by atoms with van der Waals surface area (Å²) in [6.07, 6.45) is 6.90. The lowest BCUT2D eigenvalue weighted by molar-refractivity contribution is -0.0299. The van der Waals surface area contributed by atoms with Gasteiger partial charge >= 0.3 is 0 Å². The van der Waals surface area contributed by atoms with Gasteiger partial charge in [-0.2, -0.15) is 5.10 Å². The van der Waals surface area contributed by atoms with E-state index in [9.17, 15) is 5.11 Å². The van der Waals surface area contributed by atoms with Crippen molar-refractivity contribution in [3.05, 3.63) is 18.0 Å². The first kappa shape index (κ1) is 10.7. The molecule has 84 valence electrons. The Morgan fingerprint density at radius 3 is 2.87 bits per heavy atom. The highest BCUT2D eigenvalue weighted by Crippen LogP contribution is 2.40.